The number of aromatic nitrogens is 1. The van der Waals surface area contributed by atoms with Crippen molar-refractivity contribution in [1.82, 2.24) is 20.5 Å². The van der Waals surface area contributed by atoms with Gasteiger partial charge in [0.25, 0.3) is 0 Å². The number of hydrogen-bond acceptors (Lipinski definition) is 4. The monoisotopic (exact) mass is 375 g/mol. The number of halogens is 3. The molecule has 5 nitrogen and oxygen atoms in total. The second-order valence-electron chi connectivity index (χ2n) is 6.58. The van der Waals surface area contributed by atoms with Gasteiger partial charge in [-0.05, 0) is 38.6 Å². The van der Waals surface area contributed by atoms with Crippen molar-refractivity contribution in [2.24, 2.45) is 10.9 Å². The first kappa shape index (κ1) is 18.4. The number of thiazole rings is 1. The molecule has 0 bridgehead atoms. The predicted octanol–water partition coefficient (Wildman–Crippen LogP) is 2.70. The predicted molar refractivity (Wildman–Crippen MR) is 92.6 cm³/mol. The molecule has 2 heterocycles. The van der Waals surface area contributed by atoms with E-state index in [-0.39, 0.29) is 6.54 Å². The smallest absolute Gasteiger partial charge is 0.357 e. The van der Waals surface area contributed by atoms with Crippen LogP contribution in [0, 0.1) is 5.92 Å². The van der Waals surface area contributed by atoms with Gasteiger partial charge in [-0.2, -0.15) is 13.2 Å². The van der Waals surface area contributed by atoms with Gasteiger partial charge in [0, 0.05) is 31.1 Å². The lowest BCUT2D eigenvalue weighted by molar-refractivity contribution is -0.140. The van der Waals surface area contributed by atoms with Crippen molar-refractivity contribution in [3.05, 3.63) is 16.1 Å². The van der Waals surface area contributed by atoms with Crippen LogP contribution in [0.25, 0.3) is 0 Å². The summed E-state index contributed by atoms with van der Waals surface area (Å²) in [5.74, 6) is 1.23. The summed E-state index contributed by atoms with van der Waals surface area (Å²) in [5.41, 5.74) is -0.841. The molecule has 0 amide bonds. The summed E-state index contributed by atoms with van der Waals surface area (Å²) in [6.07, 6.45) is -0.544. The Bertz CT molecular complexity index is 597. The minimum Gasteiger partial charge on any atom is -0.357 e. The third-order valence-electron chi connectivity index (χ3n) is 4.50. The zero-order valence-electron chi connectivity index (χ0n) is 14.3. The Balaban J connectivity index is 1.49. The van der Waals surface area contributed by atoms with E-state index >= 15 is 0 Å². The standard InChI is InChI=1S/C16H24F3N5S/c1-2-20-15(21-7-11-5-6-24(9-11)12-3-4-12)22-8-14-23-13(10-25-14)16(17,18)19/h10-12H,2-9H2,1H3,(H2,20,21,22). The Kier molecular flexibility index (Phi) is 5.83. The average Bonchev–Trinajstić information content (AvgIpc) is 3.10. The van der Waals surface area contributed by atoms with E-state index in [1.54, 1.807) is 0 Å². The van der Waals surface area contributed by atoms with Crippen molar-refractivity contribution in [1.29, 1.82) is 0 Å². The molecule has 1 saturated carbocycles. The Hall–Kier alpha value is -1.35. The molecule has 25 heavy (non-hydrogen) atoms. The summed E-state index contributed by atoms with van der Waals surface area (Å²) in [5, 5.41) is 7.86. The molecule has 0 spiro atoms. The van der Waals surface area contributed by atoms with Gasteiger partial charge in [0.2, 0.25) is 0 Å². The molecule has 1 atom stereocenters. The highest BCUT2D eigenvalue weighted by Gasteiger charge is 2.34. The van der Waals surface area contributed by atoms with Crippen molar-refractivity contribution < 1.29 is 13.2 Å². The fraction of sp³-hybridized carbons (Fsp3) is 0.750. The first-order chi connectivity index (χ1) is 12.0. The van der Waals surface area contributed by atoms with Gasteiger partial charge < -0.3 is 15.5 Å². The van der Waals surface area contributed by atoms with E-state index in [1.807, 2.05) is 6.92 Å². The summed E-state index contributed by atoms with van der Waals surface area (Å²) in [4.78, 5) is 10.5. The van der Waals surface area contributed by atoms with Gasteiger partial charge >= 0.3 is 6.18 Å². The number of hydrogen-bond donors (Lipinski definition) is 2. The molecular weight excluding hydrogens is 351 g/mol. The fourth-order valence-electron chi connectivity index (χ4n) is 3.04. The Morgan fingerprint density at radius 1 is 1.36 bits per heavy atom. The fourth-order valence-corrected chi connectivity index (χ4v) is 3.77. The Morgan fingerprint density at radius 3 is 2.80 bits per heavy atom. The van der Waals surface area contributed by atoms with Gasteiger partial charge in [-0.3, -0.25) is 0 Å². The van der Waals surface area contributed by atoms with Crippen LogP contribution in [0.3, 0.4) is 0 Å². The molecule has 3 rings (SSSR count). The van der Waals surface area contributed by atoms with Crippen LogP contribution in [-0.4, -0.2) is 48.1 Å². The first-order valence-corrected chi connectivity index (χ1v) is 9.61. The molecule has 2 fully saturated rings. The highest BCUT2D eigenvalue weighted by molar-refractivity contribution is 7.09. The van der Waals surface area contributed by atoms with Crippen LogP contribution in [0.2, 0.25) is 0 Å². The summed E-state index contributed by atoms with van der Waals surface area (Å²) >= 11 is 0.990. The van der Waals surface area contributed by atoms with Crippen molar-refractivity contribution in [3.8, 4) is 0 Å². The van der Waals surface area contributed by atoms with Gasteiger partial charge in [0.1, 0.15) is 5.01 Å². The van der Waals surface area contributed by atoms with Crippen molar-refractivity contribution in [3.63, 3.8) is 0 Å². The third kappa shape index (κ3) is 5.31. The zero-order valence-corrected chi connectivity index (χ0v) is 15.1. The molecule has 0 radical (unpaired) electrons. The number of nitrogens with zero attached hydrogens (tertiary/aromatic N) is 3. The van der Waals surface area contributed by atoms with Crippen LogP contribution in [0.5, 0.6) is 0 Å². The van der Waals surface area contributed by atoms with Crippen molar-refractivity contribution in [2.75, 3.05) is 26.2 Å². The molecule has 1 aliphatic carbocycles. The lowest BCUT2D eigenvalue weighted by Gasteiger charge is -2.16. The SMILES string of the molecule is CCNC(=NCc1nc(C(F)(F)F)cs1)NCC1CCN(C2CC2)C1. The zero-order chi connectivity index (χ0) is 17.9. The topological polar surface area (TPSA) is 52.6 Å². The second-order valence-corrected chi connectivity index (χ2v) is 7.52. The number of likely N-dealkylation sites (tertiary alicyclic amines) is 1. The van der Waals surface area contributed by atoms with E-state index in [0.717, 1.165) is 35.8 Å². The molecule has 0 aromatic carbocycles. The van der Waals surface area contributed by atoms with Crippen LogP contribution in [0.1, 0.15) is 36.9 Å². The molecule has 140 valence electrons. The average molecular weight is 375 g/mol. The minimum absolute atomic E-state index is 0.148. The number of aliphatic imine (C=N–C) groups is 1. The molecule has 1 aliphatic heterocycles. The van der Waals surface area contributed by atoms with E-state index in [4.69, 9.17) is 0 Å². The Labute approximate surface area is 149 Å². The van der Waals surface area contributed by atoms with Gasteiger partial charge in [-0.15, -0.1) is 11.3 Å². The normalized spacial score (nSPS) is 22.4. The van der Waals surface area contributed by atoms with Crippen LogP contribution in [0.4, 0.5) is 13.2 Å². The van der Waals surface area contributed by atoms with E-state index in [9.17, 15) is 13.2 Å². The minimum atomic E-state index is -4.39. The maximum absolute atomic E-state index is 12.6. The third-order valence-corrected chi connectivity index (χ3v) is 5.33. The van der Waals surface area contributed by atoms with Crippen molar-refractivity contribution >= 4 is 17.3 Å². The summed E-state index contributed by atoms with van der Waals surface area (Å²) in [7, 11) is 0. The maximum Gasteiger partial charge on any atom is 0.434 e. The molecule has 1 aromatic rings. The van der Waals surface area contributed by atoms with Gasteiger partial charge in [-0.25, -0.2) is 9.98 Å². The largest absolute Gasteiger partial charge is 0.434 e. The van der Waals surface area contributed by atoms with Crippen LogP contribution < -0.4 is 10.6 Å². The highest BCUT2D eigenvalue weighted by Crippen LogP contribution is 2.31. The molecular formula is C16H24F3N5S. The molecule has 1 aromatic heterocycles. The molecule has 1 saturated heterocycles. The quantitative estimate of drug-likeness (QED) is 0.593. The summed E-state index contributed by atoms with van der Waals surface area (Å²) in [6.45, 7) is 5.95. The number of rotatable bonds is 6. The van der Waals surface area contributed by atoms with Gasteiger partial charge in [-0.1, -0.05) is 0 Å². The molecule has 2 aliphatic rings. The number of guanidine groups is 1. The lowest BCUT2D eigenvalue weighted by atomic mass is 10.1. The highest BCUT2D eigenvalue weighted by atomic mass is 32.1. The van der Waals surface area contributed by atoms with E-state index in [1.165, 1.54) is 25.8 Å². The first-order valence-electron chi connectivity index (χ1n) is 8.73. The Morgan fingerprint density at radius 2 is 2.16 bits per heavy atom. The maximum atomic E-state index is 12.6. The van der Waals surface area contributed by atoms with E-state index < -0.39 is 11.9 Å². The number of nitrogens with one attached hydrogen (secondary N) is 2. The van der Waals surface area contributed by atoms with E-state index in [2.05, 4.69) is 25.5 Å². The van der Waals surface area contributed by atoms with Crippen molar-refractivity contribution in [2.45, 2.75) is 44.9 Å². The van der Waals surface area contributed by atoms with Gasteiger partial charge in [0.05, 0.1) is 6.54 Å². The van der Waals surface area contributed by atoms with Crippen LogP contribution in [0.15, 0.2) is 10.4 Å². The van der Waals surface area contributed by atoms with Gasteiger partial charge in [0.15, 0.2) is 11.7 Å². The van der Waals surface area contributed by atoms with Crippen LogP contribution in [-0.2, 0) is 12.7 Å². The second kappa shape index (κ2) is 7.90. The van der Waals surface area contributed by atoms with E-state index in [0.29, 0.717) is 23.4 Å². The summed E-state index contributed by atoms with van der Waals surface area (Å²) < 4.78 is 37.8. The molecule has 2 N–H and O–H groups in total. The summed E-state index contributed by atoms with van der Waals surface area (Å²) in [6, 6.07) is 0.805. The molecule has 9 heteroatoms. The number of alkyl halides is 3. The lowest BCUT2D eigenvalue weighted by Crippen LogP contribution is -2.40. The molecule has 1 unspecified atom stereocenters. The van der Waals surface area contributed by atoms with Crippen LogP contribution >= 0.6 is 11.3 Å².